The van der Waals surface area contributed by atoms with Crippen LogP contribution in [0.2, 0.25) is 0 Å². The Kier molecular flexibility index (Phi) is 4.75. The third-order valence-electron chi connectivity index (χ3n) is 4.72. The molecule has 116 valence electrons. The summed E-state index contributed by atoms with van der Waals surface area (Å²) in [4.78, 5) is 12.4. The number of unbranched alkanes of at least 4 members (excludes halogenated alkanes) is 1. The Hall–Kier alpha value is -1.31. The lowest BCUT2D eigenvalue weighted by Gasteiger charge is -2.23. The summed E-state index contributed by atoms with van der Waals surface area (Å²) in [6, 6.07) is 6.49. The van der Waals surface area contributed by atoms with E-state index in [9.17, 15) is 4.79 Å². The van der Waals surface area contributed by atoms with E-state index in [1.807, 2.05) is 0 Å². The molecule has 2 rings (SSSR count). The van der Waals surface area contributed by atoms with E-state index in [0.29, 0.717) is 5.92 Å². The summed E-state index contributed by atoms with van der Waals surface area (Å²) in [5.41, 5.74) is 3.67. The van der Waals surface area contributed by atoms with Gasteiger partial charge in [-0.15, -0.1) is 0 Å². The van der Waals surface area contributed by atoms with Gasteiger partial charge in [0.2, 0.25) is 5.91 Å². The molecule has 0 bridgehead atoms. The van der Waals surface area contributed by atoms with Crippen molar-refractivity contribution < 1.29 is 4.79 Å². The fraction of sp³-hybridized carbons (Fsp3) is 0.632. The maximum Gasteiger partial charge on any atom is 0.232 e. The standard InChI is InChI=1S/C19H29NO/c1-6-8-9-13(7-2)17-15-12-14(19(3,4)5)10-11-16(15)20-18(17)21/h10-13,17H,6-9H2,1-5H3,(H,20,21). The molecule has 0 fully saturated rings. The maximum absolute atomic E-state index is 12.4. The van der Waals surface area contributed by atoms with Crippen LogP contribution >= 0.6 is 0 Å². The Morgan fingerprint density at radius 1 is 1.24 bits per heavy atom. The molecule has 1 aromatic carbocycles. The van der Waals surface area contributed by atoms with Crippen molar-refractivity contribution in [2.45, 2.75) is 71.6 Å². The normalized spacial score (nSPS) is 19.3. The molecule has 0 saturated heterocycles. The molecule has 2 atom stereocenters. The molecule has 1 N–H and O–H groups in total. The summed E-state index contributed by atoms with van der Waals surface area (Å²) in [5.74, 6) is 0.694. The van der Waals surface area contributed by atoms with E-state index in [2.05, 4.69) is 58.1 Å². The molecular formula is C19H29NO. The second-order valence-corrected chi connectivity index (χ2v) is 7.33. The van der Waals surface area contributed by atoms with Crippen LogP contribution in [0.25, 0.3) is 0 Å². The molecule has 1 aromatic rings. The second kappa shape index (κ2) is 6.21. The average Bonchev–Trinajstić information content (AvgIpc) is 2.74. The van der Waals surface area contributed by atoms with Gasteiger partial charge in [-0.1, -0.05) is 66.0 Å². The first kappa shape index (κ1) is 16.1. The number of hydrogen-bond acceptors (Lipinski definition) is 1. The van der Waals surface area contributed by atoms with Gasteiger partial charge in [0.1, 0.15) is 0 Å². The van der Waals surface area contributed by atoms with Crippen LogP contribution in [0, 0.1) is 5.92 Å². The van der Waals surface area contributed by atoms with Gasteiger partial charge in [0, 0.05) is 5.69 Å². The lowest BCUT2D eigenvalue weighted by Crippen LogP contribution is -2.21. The first-order valence-corrected chi connectivity index (χ1v) is 8.33. The van der Waals surface area contributed by atoms with Crippen molar-refractivity contribution in [2.75, 3.05) is 5.32 Å². The molecule has 2 heteroatoms. The Morgan fingerprint density at radius 3 is 2.52 bits per heavy atom. The summed E-state index contributed by atoms with van der Waals surface area (Å²) in [6.45, 7) is 11.1. The van der Waals surface area contributed by atoms with Crippen LogP contribution in [0.15, 0.2) is 18.2 Å². The SMILES string of the molecule is CCCCC(CC)C1C(=O)Nc2ccc(C(C)(C)C)cc21. The fourth-order valence-corrected chi connectivity index (χ4v) is 3.29. The molecule has 1 heterocycles. The molecule has 1 aliphatic rings. The van der Waals surface area contributed by atoms with Gasteiger partial charge >= 0.3 is 0 Å². The van der Waals surface area contributed by atoms with Gasteiger partial charge in [-0.3, -0.25) is 4.79 Å². The smallest absolute Gasteiger partial charge is 0.232 e. The highest BCUT2D eigenvalue weighted by atomic mass is 16.2. The summed E-state index contributed by atoms with van der Waals surface area (Å²) in [5, 5.41) is 3.08. The van der Waals surface area contributed by atoms with E-state index >= 15 is 0 Å². The van der Waals surface area contributed by atoms with Crippen molar-refractivity contribution in [3.63, 3.8) is 0 Å². The van der Waals surface area contributed by atoms with Crippen LogP contribution in [0.1, 0.15) is 77.3 Å². The Labute approximate surface area is 129 Å². The number of benzene rings is 1. The number of anilines is 1. The van der Waals surface area contributed by atoms with E-state index < -0.39 is 0 Å². The first-order chi connectivity index (χ1) is 9.88. The zero-order valence-electron chi connectivity index (χ0n) is 14.1. The number of nitrogens with one attached hydrogen (secondary N) is 1. The van der Waals surface area contributed by atoms with Crippen molar-refractivity contribution >= 4 is 11.6 Å². The highest BCUT2D eigenvalue weighted by molar-refractivity contribution is 6.03. The summed E-state index contributed by atoms with van der Waals surface area (Å²) >= 11 is 0. The van der Waals surface area contributed by atoms with E-state index in [-0.39, 0.29) is 17.2 Å². The number of hydrogen-bond donors (Lipinski definition) is 1. The molecule has 0 aromatic heterocycles. The monoisotopic (exact) mass is 287 g/mol. The van der Waals surface area contributed by atoms with E-state index in [4.69, 9.17) is 0 Å². The van der Waals surface area contributed by atoms with Crippen LogP contribution < -0.4 is 5.32 Å². The topological polar surface area (TPSA) is 29.1 Å². The van der Waals surface area contributed by atoms with Crippen LogP contribution in [-0.2, 0) is 10.2 Å². The number of carbonyl (C=O) groups excluding carboxylic acids is 1. The van der Waals surface area contributed by atoms with Gasteiger partial charge in [-0.2, -0.15) is 0 Å². The molecule has 1 amide bonds. The van der Waals surface area contributed by atoms with Gasteiger partial charge in [0.25, 0.3) is 0 Å². The lowest BCUT2D eigenvalue weighted by molar-refractivity contribution is -0.118. The van der Waals surface area contributed by atoms with Gasteiger partial charge in [-0.25, -0.2) is 0 Å². The highest BCUT2D eigenvalue weighted by Gasteiger charge is 2.36. The largest absolute Gasteiger partial charge is 0.325 e. The fourth-order valence-electron chi connectivity index (χ4n) is 3.29. The van der Waals surface area contributed by atoms with Crippen LogP contribution in [0.3, 0.4) is 0 Å². The molecule has 2 unspecified atom stereocenters. The van der Waals surface area contributed by atoms with Crippen molar-refractivity contribution in [2.24, 2.45) is 5.92 Å². The molecule has 0 saturated carbocycles. The van der Waals surface area contributed by atoms with Crippen molar-refractivity contribution in [3.05, 3.63) is 29.3 Å². The number of carbonyl (C=O) groups is 1. The molecule has 1 aliphatic heterocycles. The molecule has 0 radical (unpaired) electrons. The first-order valence-electron chi connectivity index (χ1n) is 8.33. The predicted molar refractivity (Wildman–Crippen MR) is 89.8 cm³/mol. The minimum atomic E-state index is 0.0406. The summed E-state index contributed by atoms with van der Waals surface area (Å²) in [6.07, 6.45) is 4.61. The molecule has 0 spiro atoms. The zero-order chi connectivity index (χ0) is 15.6. The lowest BCUT2D eigenvalue weighted by atomic mass is 9.79. The highest BCUT2D eigenvalue weighted by Crippen LogP contribution is 2.42. The van der Waals surface area contributed by atoms with Crippen molar-refractivity contribution in [3.8, 4) is 0 Å². The zero-order valence-corrected chi connectivity index (χ0v) is 14.1. The average molecular weight is 287 g/mol. The van der Waals surface area contributed by atoms with E-state index in [0.717, 1.165) is 18.5 Å². The number of amides is 1. The Balaban J connectivity index is 2.36. The van der Waals surface area contributed by atoms with Gasteiger partial charge in [-0.05, 0) is 34.9 Å². The molecule has 21 heavy (non-hydrogen) atoms. The summed E-state index contributed by atoms with van der Waals surface area (Å²) < 4.78 is 0. The molecule has 0 aliphatic carbocycles. The van der Waals surface area contributed by atoms with Gasteiger partial charge in [0.15, 0.2) is 0 Å². The van der Waals surface area contributed by atoms with E-state index in [1.54, 1.807) is 0 Å². The van der Waals surface area contributed by atoms with Crippen molar-refractivity contribution in [1.29, 1.82) is 0 Å². The third-order valence-corrected chi connectivity index (χ3v) is 4.72. The second-order valence-electron chi connectivity index (χ2n) is 7.33. The Morgan fingerprint density at radius 2 is 1.95 bits per heavy atom. The molecular weight excluding hydrogens is 258 g/mol. The van der Waals surface area contributed by atoms with Crippen LogP contribution in [0.4, 0.5) is 5.69 Å². The van der Waals surface area contributed by atoms with Gasteiger partial charge in [0.05, 0.1) is 5.92 Å². The van der Waals surface area contributed by atoms with Gasteiger partial charge < -0.3 is 5.32 Å². The number of rotatable bonds is 5. The quantitative estimate of drug-likeness (QED) is 0.788. The number of fused-ring (bicyclic) bond motifs is 1. The summed E-state index contributed by atoms with van der Waals surface area (Å²) in [7, 11) is 0. The minimum Gasteiger partial charge on any atom is -0.325 e. The van der Waals surface area contributed by atoms with E-state index in [1.165, 1.54) is 24.0 Å². The molecule has 2 nitrogen and oxygen atoms in total. The minimum absolute atomic E-state index is 0.0406. The van der Waals surface area contributed by atoms with Crippen molar-refractivity contribution in [1.82, 2.24) is 0 Å². The third kappa shape index (κ3) is 3.30. The predicted octanol–water partition coefficient (Wildman–Crippen LogP) is 5.24. The van der Waals surface area contributed by atoms with Crippen LogP contribution in [-0.4, -0.2) is 5.91 Å². The van der Waals surface area contributed by atoms with Crippen LogP contribution in [0.5, 0.6) is 0 Å². The Bertz CT molecular complexity index is 513. The maximum atomic E-state index is 12.4.